The molecule has 5 nitrogen and oxygen atoms in total. The van der Waals surface area contributed by atoms with E-state index in [1.54, 1.807) is 25.1 Å². The Labute approximate surface area is 151 Å². The van der Waals surface area contributed by atoms with Crippen molar-refractivity contribution >= 4 is 5.97 Å². The van der Waals surface area contributed by atoms with Gasteiger partial charge in [-0.15, -0.1) is 0 Å². The molecule has 0 aliphatic heterocycles. The number of hydrogen-bond donors (Lipinski definition) is 1. The van der Waals surface area contributed by atoms with Crippen LogP contribution in [0.2, 0.25) is 0 Å². The van der Waals surface area contributed by atoms with E-state index in [-0.39, 0.29) is 19.0 Å². The molecule has 5 heteroatoms. The maximum atomic E-state index is 12.0. The highest BCUT2D eigenvalue weighted by molar-refractivity contribution is 5.94. The zero-order chi connectivity index (χ0) is 18.4. The van der Waals surface area contributed by atoms with Crippen molar-refractivity contribution in [2.45, 2.75) is 13.0 Å². The van der Waals surface area contributed by atoms with Crippen LogP contribution in [0.4, 0.5) is 0 Å². The first-order chi connectivity index (χ1) is 12.7. The molecule has 1 aromatic heterocycles. The van der Waals surface area contributed by atoms with Gasteiger partial charge in [-0.1, -0.05) is 42.5 Å². The lowest BCUT2D eigenvalue weighted by atomic mass is 10.1. The van der Waals surface area contributed by atoms with Crippen molar-refractivity contribution in [2.24, 2.45) is 0 Å². The lowest BCUT2D eigenvalue weighted by molar-refractivity contribution is 0.0491. The summed E-state index contributed by atoms with van der Waals surface area (Å²) in [6, 6.07) is 18.3. The zero-order valence-electron chi connectivity index (χ0n) is 14.4. The van der Waals surface area contributed by atoms with Gasteiger partial charge in [0.15, 0.2) is 0 Å². The van der Waals surface area contributed by atoms with E-state index in [2.05, 4.69) is 0 Å². The van der Waals surface area contributed by atoms with Gasteiger partial charge in [-0.05, 0) is 36.2 Å². The number of aliphatic hydroxyl groups excluding tert-OH is 1. The number of carbonyl (C=O) groups excluding carboxylic acids is 1. The molecule has 0 saturated carbocycles. The van der Waals surface area contributed by atoms with Crippen molar-refractivity contribution in [3.63, 3.8) is 0 Å². The van der Waals surface area contributed by atoms with Crippen molar-refractivity contribution in [1.82, 2.24) is 0 Å². The Hall–Kier alpha value is -3.05. The van der Waals surface area contributed by atoms with Crippen molar-refractivity contribution < 1.29 is 23.8 Å². The fraction of sp³-hybridized carbons (Fsp3) is 0.190. The largest absolute Gasteiger partial charge is 0.491 e. The van der Waals surface area contributed by atoms with Crippen molar-refractivity contribution in [3.8, 4) is 16.9 Å². The molecule has 0 amide bonds. The summed E-state index contributed by atoms with van der Waals surface area (Å²) >= 11 is 0. The Kier molecular flexibility index (Phi) is 5.71. The van der Waals surface area contributed by atoms with E-state index in [0.29, 0.717) is 11.3 Å². The topological polar surface area (TPSA) is 68.9 Å². The predicted octanol–water partition coefficient (Wildman–Crippen LogP) is 4.24. The van der Waals surface area contributed by atoms with Crippen LogP contribution in [0.3, 0.4) is 0 Å². The molecule has 0 aliphatic carbocycles. The van der Waals surface area contributed by atoms with Crippen LogP contribution >= 0.6 is 0 Å². The summed E-state index contributed by atoms with van der Waals surface area (Å²) in [5.74, 6) is 0.250. The maximum absolute atomic E-state index is 12.0. The van der Waals surface area contributed by atoms with Gasteiger partial charge in [0, 0.05) is 5.56 Å². The summed E-state index contributed by atoms with van der Waals surface area (Å²) in [6.45, 7) is 2.15. The van der Waals surface area contributed by atoms with Gasteiger partial charge >= 0.3 is 5.97 Å². The number of hydrogen-bond acceptors (Lipinski definition) is 5. The summed E-state index contributed by atoms with van der Waals surface area (Å²) in [4.78, 5) is 12.0. The summed E-state index contributed by atoms with van der Waals surface area (Å²) < 4.78 is 16.0. The minimum Gasteiger partial charge on any atom is -0.491 e. The fourth-order valence-electron chi connectivity index (χ4n) is 2.59. The van der Waals surface area contributed by atoms with Gasteiger partial charge in [0.25, 0.3) is 0 Å². The van der Waals surface area contributed by atoms with Crippen LogP contribution < -0.4 is 4.74 Å². The molecule has 0 radical (unpaired) electrons. The molecular weight excluding hydrogens is 332 g/mol. The normalized spacial score (nSPS) is 11.8. The average molecular weight is 352 g/mol. The lowest BCUT2D eigenvalue weighted by Gasteiger charge is -2.13. The van der Waals surface area contributed by atoms with E-state index in [9.17, 15) is 9.90 Å². The highest BCUT2D eigenvalue weighted by Crippen LogP contribution is 2.29. The molecule has 1 N–H and O–H groups in total. The third-order valence-electron chi connectivity index (χ3n) is 3.86. The van der Waals surface area contributed by atoms with E-state index in [4.69, 9.17) is 13.9 Å². The molecule has 0 fully saturated rings. The van der Waals surface area contributed by atoms with E-state index < -0.39 is 12.1 Å². The van der Waals surface area contributed by atoms with E-state index in [1.807, 2.05) is 42.5 Å². The first-order valence-corrected chi connectivity index (χ1v) is 8.40. The maximum Gasteiger partial charge on any atom is 0.374 e. The third-order valence-corrected chi connectivity index (χ3v) is 3.86. The van der Waals surface area contributed by atoms with Gasteiger partial charge in [0.1, 0.15) is 18.5 Å². The van der Waals surface area contributed by atoms with Gasteiger partial charge in [-0.3, -0.25) is 0 Å². The second-order valence-electron chi connectivity index (χ2n) is 5.65. The van der Waals surface area contributed by atoms with Crippen LogP contribution in [-0.4, -0.2) is 24.3 Å². The highest BCUT2D eigenvalue weighted by atomic mass is 16.5. The Balaban J connectivity index is 1.73. The Morgan fingerprint density at radius 2 is 1.92 bits per heavy atom. The van der Waals surface area contributed by atoms with Crippen LogP contribution in [0.5, 0.6) is 5.75 Å². The lowest BCUT2D eigenvalue weighted by Crippen LogP contribution is -2.09. The first-order valence-electron chi connectivity index (χ1n) is 8.40. The molecular formula is C21H20O5. The number of furan rings is 1. The molecule has 1 heterocycles. The number of carbonyl (C=O) groups is 1. The van der Waals surface area contributed by atoms with Gasteiger partial charge < -0.3 is 19.0 Å². The van der Waals surface area contributed by atoms with E-state index in [0.717, 1.165) is 11.1 Å². The van der Waals surface area contributed by atoms with Gasteiger partial charge in [0.2, 0.25) is 5.76 Å². The molecule has 0 aliphatic rings. The third kappa shape index (κ3) is 4.13. The second kappa shape index (κ2) is 8.36. The quantitative estimate of drug-likeness (QED) is 0.644. The summed E-state index contributed by atoms with van der Waals surface area (Å²) in [7, 11) is 0. The standard InChI is InChI=1S/C21H20O5/c1-2-24-21(23)20-18(11-12-25-20)16-9-6-10-17(13-16)26-14-19(22)15-7-4-3-5-8-15/h3-13,19,22H,2,14H2,1H3. The molecule has 1 atom stereocenters. The monoisotopic (exact) mass is 352 g/mol. The Bertz CT molecular complexity index is 854. The molecule has 3 aromatic rings. The van der Waals surface area contributed by atoms with Gasteiger partial charge in [-0.2, -0.15) is 0 Å². The van der Waals surface area contributed by atoms with Crippen molar-refractivity contribution in [3.05, 3.63) is 78.3 Å². The molecule has 134 valence electrons. The first kappa shape index (κ1) is 17.8. The molecule has 0 spiro atoms. The number of ether oxygens (including phenoxy) is 2. The van der Waals surface area contributed by atoms with Crippen molar-refractivity contribution in [2.75, 3.05) is 13.2 Å². The van der Waals surface area contributed by atoms with Crippen molar-refractivity contribution in [1.29, 1.82) is 0 Å². The predicted molar refractivity (Wildman–Crippen MR) is 97.0 cm³/mol. The molecule has 1 unspecified atom stereocenters. The smallest absolute Gasteiger partial charge is 0.374 e. The Morgan fingerprint density at radius 3 is 2.69 bits per heavy atom. The van der Waals surface area contributed by atoms with E-state index in [1.165, 1.54) is 6.26 Å². The number of benzene rings is 2. The summed E-state index contributed by atoms with van der Waals surface area (Å²) in [5.41, 5.74) is 2.20. The van der Waals surface area contributed by atoms with Crippen LogP contribution in [0.15, 0.2) is 71.3 Å². The molecule has 0 bridgehead atoms. The number of esters is 1. The van der Waals surface area contributed by atoms with Crippen LogP contribution in [-0.2, 0) is 4.74 Å². The average Bonchev–Trinajstić information content (AvgIpc) is 3.17. The van der Waals surface area contributed by atoms with Crippen LogP contribution in [0, 0.1) is 0 Å². The van der Waals surface area contributed by atoms with E-state index >= 15 is 0 Å². The molecule has 26 heavy (non-hydrogen) atoms. The SMILES string of the molecule is CCOC(=O)c1occc1-c1cccc(OCC(O)c2ccccc2)c1. The summed E-state index contributed by atoms with van der Waals surface area (Å²) in [5, 5.41) is 10.2. The minimum absolute atomic E-state index is 0.129. The second-order valence-corrected chi connectivity index (χ2v) is 5.65. The number of rotatable bonds is 7. The fourth-order valence-corrected chi connectivity index (χ4v) is 2.59. The Morgan fingerprint density at radius 1 is 1.12 bits per heavy atom. The van der Waals surface area contributed by atoms with Gasteiger partial charge in [-0.25, -0.2) is 4.79 Å². The number of aliphatic hydroxyl groups is 1. The van der Waals surface area contributed by atoms with Gasteiger partial charge in [0.05, 0.1) is 12.9 Å². The molecule has 0 saturated heterocycles. The molecule has 3 rings (SSSR count). The molecule has 2 aromatic carbocycles. The van der Waals surface area contributed by atoms with Crippen LogP contribution in [0.1, 0.15) is 29.1 Å². The summed E-state index contributed by atoms with van der Waals surface area (Å²) in [6.07, 6.45) is 0.734. The van der Waals surface area contributed by atoms with Crippen LogP contribution in [0.25, 0.3) is 11.1 Å². The minimum atomic E-state index is -0.719. The highest BCUT2D eigenvalue weighted by Gasteiger charge is 2.18. The zero-order valence-corrected chi connectivity index (χ0v) is 14.4.